The molecule has 2 atom stereocenters. The lowest BCUT2D eigenvalue weighted by molar-refractivity contribution is 0.0973. The second-order valence-corrected chi connectivity index (χ2v) is 23.0. The van der Waals surface area contributed by atoms with Crippen LogP contribution in [0.2, 0.25) is 0 Å². The van der Waals surface area contributed by atoms with Gasteiger partial charge in [-0.25, -0.2) is 36.2 Å². The van der Waals surface area contributed by atoms with Gasteiger partial charge in [0.05, 0.1) is 55.5 Å². The van der Waals surface area contributed by atoms with Crippen LogP contribution in [0.4, 0.5) is 0 Å². The highest BCUT2D eigenvalue weighted by Gasteiger charge is 2.28. The Labute approximate surface area is 432 Å². The standard InChI is InChI=1S/C58H50N4O9S3/c1-33-25-27-48(69-36(4)38-17-9-7-10-18-38)51-43(31-45(59-53(33)51)55-35(3)40-21-13-15-23-47(40)71-55)58(64)62-74(67,68)30-29-42-41-22-14-16-24-50(41)72-56(42)46-32-44(57(63)61-73(6,65)66)52-49(28-26-34(2)54(52)60-46)70-37(5)39-19-11-8-12-20-39/h7-28,31-32,36-37H,29-30H2,1-6H3,(H,61,63)(H,62,64)/t36-,37-/m1/s1. The van der Waals surface area contributed by atoms with Crippen molar-refractivity contribution in [3.63, 3.8) is 0 Å². The van der Waals surface area contributed by atoms with Gasteiger partial charge in [-0.2, -0.15) is 0 Å². The second kappa shape index (κ2) is 19.8. The molecule has 0 fully saturated rings. The Morgan fingerprint density at radius 3 is 1.69 bits per heavy atom. The Balaban J connectivity index is 1.04. The number of para-hydroxylation sites is 1. The summed E-state index contributed by atoms with van der Waals surface area (Å²) in [4.78, 5) is 39.6. The van der Waals surface area contributed by atoms with E-state index in [9.17, 15) is 26.4 Å². The average Bonchev–Trinajstić information content (AvgIpc) is 3.94. The van der Waals surface area contributed by atoms with Crippen molar-refractivity contribution in [3.8, 4) is 33.5 Å². The lowest BCUT2D eigenvalue weighted by atomic mass is 10.0. The number of carbonyl (C=O) groups excluding carboxylic acids is 2. The van der Waals surface area contributed by atoms with Gasteiger partial charge in [0.2, 0.25) is 20.0 Å². The third kappa shape index (κ3) is 9.95. The van der Waals surface area contributed by atoms with E-state index < -0.39 is 49.8 Å². The van der Waals surface area contributed by atoms with E-state index in [0.717, 1.165) is 44.0 Å². The van der Waals surface area contributed by atoms with Crippen LogP contribution >= 0.6 is 11.3 Å². The molecule has 4 aromatic heterocycles. The summed E-state index contributed by atoms with van der Waals surface area (Å²) < 4.78 is 78.8. The van der Waals surface area contributed by atoms with Gasteiger partial charge in [-0.05, 0) is 111 Å². The minimum absolute atomic E-state index is 0.00351. The highest BCUT2D eigenvalue weighted by Crippen LogP contribution is 2.43. The zero-order chi connectivity index (χ0) is 52.1. The average molecular weight is 1040 g/mol. The number of fused-ring (bicyclic) bond motifs is 4. The minimum atomic E-state index is -4.41. The fourth-order valence-electron chi connectivity index (χ4n) is 9.32. The van der Waals surface area contributed by atoms with Gasteiger partial charge in [-0.1, -0.05) is 109 Å². The van der Waals surface area contributed by atoms with Crippen molar-refractivity contribution in [3.05, 3.63) is 190 Å². The van der Waals surface area contributed by atoms with Gasteiger partial charge < -0.3 is 13.9 Å². The molecule has 374 valence electrons. The normalized spacial score (nSPS) is 12.8. The summed E-state index contributed by atoms with van der Waals surface area (Å²) in [5, 5.41) is 2.27. The molecule has 0 saturated carbocycles. The molecule has 0 spiro atoms. The molecule has 0 aliphatic rings. The van der Waals surface area contributed by atoms with E-state index >= 15 is 0 Å². The van der Waals surface area contributed by atoms with Crippen molar-refractivity contribution in [2.24, 2.45) is 0 Å². The van der Waals surface area contributed by atoms with Crippen molar-refractivity contribution in [2.75, 3.05) is 12.0 Å². The molecule has 0 aliphatic heterocycles. The molecule has 16 heteroatoms. The van der Waals surface area contributed by atoms with Gasteiger partial charge in [0.15, 0.2) is 5.76 Å². The molecule has 2 N–H and O–H groups in total. The van der Waals surface area contributed by atoms with Gasteiger partial charge in [-0.15, -0.1) is 11.3 Å². The van der Waals surface area contributed by atoms with Crippen molar-refractivity contribution in [1.29, 1.82) is 0 Å². The molecular weight excluding hydrogens is 993 g/mol. The molecule has 0 unspecified atom stereocenters. The van der Waals surface area contributed by atoms with Gasteiger partial charge in [0, 0.05) is 15.6 Å². The first-order valence-corrected chi connectivity index (χ1v) is 28.2. The predicted octanol–water partition coefficient (Wildman–Crippen LogP) is 12.3. The van der Waals surface area contributed by atoms with Crippen LogP contribution in [0.1, 0.15) is 80.2 Å². The van der Waals surface area contributed by atoms with Crippen LogP contribution in [0.15, 0.2) is 150 Å². The Morgan fingerprint density at radius 1 is 0.622 bits per heavy atom. The Morgan fingerprint density at radius 2 is 1.12 bits per heavy atom. The molecule has 74 heavy (non-hydrogen) atoms. The Hall–Kier alpha value is -7.92. The number of nitrogens with one attached hydrogen (secondary N) is 2. The van der Waals surface area contributed by atoms with Crippen LogP contribution in [0.3, 0.4) is 0 Å². The van der Waals surface area contributed by atoms with Crippen molar-refractivity contribution >= 4 is 86.1 Å². The van der Waals surface area contributed by atoms with Gasteiger partial charge in [-0.3, -0.25) is 9.59 Å². The number of rotatable bonds is 15. The highest BCUT2D eigenvalue weighted by molar-refractivity contribution is 7.90. The van der Waals surface area contributed by atoms with E-state index in [4.69, 9.17) is 23.9 Å². The first kappa shape index (κ1) is 49.6. The summed E-state index contributed by atoms with van der Waals surface area (Å²) >= 11 is 1.35. The van der Waals surface area contributed by atoms with Crippen LogP contribution in [0.5, 0.6) is 11.5 Å². The minimum Gasteiger partial charge on any atom is -0.485 e. The summed E-state index contributed by atoms with van der Waals surface area (Å²) in [6.45, 7) is 9.37. The number of carbonyl (C=O) groups is 2. The quantitative estimate of drug-likeness (QED) is 0.0996. The Bertz CT molecular complexity index is 4080. The highest BCUT2D eigenvalue weighted by atomic mass is 32.2. The maximum Gasteiger partial charge on any atom is 0.265 e. The number of benzene rings is 6. The van der Waals surface area contributed by atoms with E-state index in [1.54, 1.807) is 18.2 Å². The van der Waals surface area contributed by atoms with E-state index in [-0.39, 0.29) is 17.5 Å². The Kier molecular flexibility index (Phi) is 13.3. The third-order valence-corrected chi connectivity index (χ3v) is 16.1. The number of furan rings is 1. The SMILES string of the molecule is Cc1c(-c2cc(C(=O)NS(=O)(=O)CCc3c(-c4cc(C(=O)NS(C)(=O)=O)c5c(O[C@H](C)c6ccccc6)ccc(C)c5n4)sc4ccccc34)c3c(O[C@H](C)c4ccccc4)ccc(C)c3n2)oc2ccccc12. The molecular formula is C58H50N4O9S3. The van der Waals surface area contributed by atoms with Gasteiger partial charge in [0.1, 0.15) is 35.0 Å². The fraction of sp³-hybridized carbons (Fsp3) is 0.172. The molecule has 10 aromatic rings. The third-order valence-electron chi connectivity index (χ3n) is 13.0. The lowest BCUT2D eigenvalue weighted by Crippen LogP contribution is -2.33. The van der Waals surface area contributed by atoms with E-state index in [1.165, 1.54) is 17.4 Å². The van der Waals surface area contributed by atoms with Crippen molar-refractivity contribution in [1.82, 2.24) is 19.4 Å². The molecule has 2 amide bonds. The fourth-order valence-corrected chi connectivity index (χ4v) is 11.9. The van der Waals surface area contributed by atoms with Crippen molar-refractivity contribution in [2.45, 2.75) is 53.2 Å². The lowest BCUT2D eigenvalue weighted by Gasteiger charge is -2.19. The number of thiophene rings is 1. The van der Waals surface area contributed by atoms with Crippen LogP contribution in [0.25, 0.3) is 64.9 Å². The van der Waals surface area contributed by atoms with Crippen LogP contribution in [-0.2, 0) is 26.5 Å². The summed E-state index contributed by atoms with van der Waals surface area (Å²) in [7, 11) is -8.43. The topological polar surface area (TPSA) is 184 Å². The number of nitrogens with zero attached hydrogens (tertiary/aromatic N) is 2. The molecule has 0 radical (unpaired) electrons. The summed E-state index contributed by atoms with van der Waals surface area (Å²) in [5.41, 5.74) is 6.72. The largest absolute Gasteiger partial charge is 0.485 e. The zero-order valence-electron chi connectivity index (χ0n) is 41.2. The molecule has 10 rings (SSSR count). The maximum atomic E-state index is 14.8. The number of sulfonamides is 2. The van der Waals surface area contributed by atoms with E-state index in [2.05, 4.69) is 9.44 Å². The summed E-state index contributed by atoms with van der Waals surface area (Å²) in [6.07, 6.45) is -0.0755. The number of aromatic nitrogens is 2. The zero-order valence-corrected chi connectivity index (χ0v) is 43.7. The van der Waals surface area contributed by atoms with E-state index in [1.807, 2.05) is 156 Å². The number of hydrogen-bond acceptors (Lipinski definition) is 12. The number of hydrogen-bond donors (Lipinski definition) is 2. The first-order valence-electron chi connectivity index (χ1n) is 23.8. The van der Waals surface area contributed by atoms with Crippen LogP contribution < -0.4 is 18.9 Å². The maximum absolute atomic E-state index is 14.8. The summed E-state index contributed by atoms with van der Waals surface area (Å²) in [6, 6.07) is 44.4. The van der Waals surface area contributed by atoms with Gasteiger partial charge in [0.25, 0.3) is 11.8 Å². The molecule has 0 bridgehead atoms. The van der Waals surface area contributed by atoms with Gasteiger partial charge >= 0.3 is 0 Å². The van der Waals surface area contributed by atoms with Crippen LogP contribution in [0, 0.1) is 20.8 Å². The van der Waals surface area contributed by atoms with Crippen LogP contribution in [-0.4, -0.2) is 50.6 Å². The number of ether oxygens (including phenoxy) is 2. The number of amides is 2. The molecule has 13 nitrogen and oxygen atoms in total. The van der Waals surface area contributed by atoms with E-state index in [0.29, 0.717) is 72.0 Å². The number of pyridine rings is 2. The first-order chi connectivity index (χ1) is 35.4. The predicted molar refractivity (Wildman–Crippen MR) is 292 cm³/mol. The smallest absolute Gasteiger partial charge is 0.265 e. The molecule has 0 aliphatic carbocycles. The second-order valence-electron chi connectivity index (χ2n) is 18.3. The number of aryl methyl sites for hydroxylation is 4. The molecule has 4 heterocycles. The molecule has 6 aromatic carbocycles. The van der Waals surface area contributed by atoms with Crippen molar-refractivity contribution < 1.29 is 40.3 Å². The summed E-state index contributed by atoms with van der Waals surface area (Å²) in [5.74, 6) is -1.21. The molecule has 0 saturated heterocycles. The monoisotopic (exact) mass is 1040 g/mol.